The first kappa shape index (κ1) is 17.0. The zero-order valence-electron chi connectivity index (χ0n) is 14.3. The largest absolute Gasteiger partial charge is 0.334 e. The average Bonchev–Trinajstić information content (AvgIpc) is 3.24. The summed E-state index contributed by atoms with van der Waals surface area (Å²) in [7, 11) is 0. The van der Waals surface area contributed by atoms with Crippen molar-refractivity contribution in [2.24, 2.45) is 5.92 Å². The summed E-state index contributed by atoms with van der Waals surface area (Å²) < 4.78 is 1.57. The fourth-order valence-corrected chi connectivity index (χ4v) is 2.91. The molecule has 1 saturated heterocycles. The Balaban J connectivity index is 1.50. The Bertz CT molecular complexity index is 729. The van der Waals surface area contributed by atoms with Crippen LogP contribution < -0.4 is 10.6 Å². The van der Waals surface area contributed by atoms with E-state index in [9.17, 15) is 9.59 Å². The van der Waals surface area contributed by atoms with E-state index in [0.717, 1.165) is 25.1 Å². The maximum atomic E-state index is 12.1. The summed E-state index contributed by atoms with van der Waals surface area (Å²) >= 11 is 0. The zero-order chi connectivity index (χ0) is 17.6. The molecular formula is C18H23N5O2. The summed E-state index contributed by atoms with van der Waals surface area (Å²) in [5.41, 5.74) is 1.65. The molecule has 0 spiro atoms. The number of likely N-dealkylation sites (tertiary alicyclic amines) is 1. The molecule has 1 aromatic heterocycles. The molecule has 2 N–H and O–H groups in total. The van der Waals surface area contributed by atoms with Crippen LogP contribution in [0.25, 0.3) is 0 Å². The van der Waals surface area contributed by atoms with Gasteiger partial charge in [-0.25, -0.2) is 4.79 Å². The number of carbonyl (C=O) groups excluding carboxylic acids is 2. The highest BCUT2D eigenvalue weighted by atomic mass is 16.2. The minimum absolute atomic E-state index is 0.0301. The first-order valence-electron chi connectivity index (χ1n) is 8.49. The molecule has 0 unspecified atom stereocenters. The molecule has 3 rings (SSSR count). The van der Waals surface area contributed by atoms with E-state index in [1.165, 1.54) is 0 Å². The van der Waals surface area contributed by atoms with Gasteiger partial charge in [-0.2, -0.15) is 5.10 Å². The molecule has 132 valence electrons. The molecule has 1 aromatic carbocycles. The normalized spacial score (nSPS) is 16.7. The molecule has 2 heterocycles. The van der Waals surface area contributed by atoms with Crippen LogP contribution in [0.3, 0.4) is 0 Å². The van der Waals surface area contributed by atoms with Gasteiger partial charge in [0.25, 0.3) is 0 Å². The maximum Gasteiger partial charge on any atom is 0.317 e. The van der Waals surface area contributed by atoms with Gasteiger partial charge in [0.2, 0.25) is 5.91 Å². The highest BCUT2D eigenvalue weighted by Gasteiger charge is 2.22. The summed E-state index contributed by atoms with van der Waals surface area (Å²) in [5, 5.41) is 9.80. The Labute approximate surface area is 147 Å². The Kier molecular flexibility index (Phi) is 5.33. The molecule has 1 aliphatic rings. The van der Waals surface area contributed by atoms with Crippen molar-refractivity contribution in [1.82, 2.24) is 20.0 Å². The lowest BCUT2D eigenvalue weighted by Gasteiger charge is -2.17. The van der Waals surface area contributed by atoms with Crippen molar-refractivity contribution < 1.29 is 9.59 Å². The van der Waals surface area contributed by atoms with E-state index in [1.54, 1.807) is 23.1 Å². The maximum absolute atomic E-state index is 12.1. The summed E-state index contributed by atoms with van der Waals surface area (Å²) in [6, 6.07) is 9.23. The number of hydrogen-bond donors (Lipinski definition) is 2. The SMILES string of the molecule is C[C@H]1CCN(C(=O)NCc2cccc(NC(=O)Cn3cccn3)c2)C1. The molecular weight excluding hydrogens is 318 g/mol. The monoisotopic (exact) mass is 341 g/mol. The summed E-state index contributed by atoms with van der Waals surface area (Å²) in [6.07, 6.45) is 4.44. The molecule has 1 aliphatic heterocycles. The van der Waals surface area contributed by atoms with E-state index in [0.29, 0.717) is 18.2 Å². The lowest BCUT2D eigenvalue weighted by Crippen LogP contribution is -2.37. The van der Waals surface area contributed by atoms with Crippen LogP contribution in [0.2, 0.25) is 0 Å². The van der Waals surface area contributed by atoms with E-state index < -0.39 is 0 Å². The number of nitrogens with zero attached hydrogens (tertiary/aromatic N) is 3. The molecule has 7 heteroatoms. The van der Waals surface area contributed by atoms with E-state index >= 15 is 0 Å². The van der Waals surface area contributed by atoms with Crippen LogP contribution in [-0.2, 0) is 17.9 Å². The highest BCUT2D eigenvalue weighted by molar-refractivity contribution is 5.90. The highest BCUT2D eigenvalue weighted by Crippen LogP contribution is 2.15. The fraction of sp³-hybridized carbons (Fsp3) is 0.389. The summed E-state index contributed by atoms with van der Waals surface area (Å²) in [4.78, 5) is 26.0. The smallest absolute Gasteiger partial charge is 0.317 e. The molecule has 1 fully saturated rings. The molecule has 7 nitrogen and oxygen atoms in total. The average molecular weight is 341 g/mol. The first-order chi connectivity index (χ1) is 12.1. The van der Waals surface area contributed by atoms with Crippen LogP contribution in [0.4, 0.5) is 10.5 Å². The number of amides is 3. The van der Waals surface area contributed by atoms with Crippen molar-refractivity contribution in [3.63, 3.8) is 0 Å². The summed E-state index contributed by atoms with van der Waals surface area (Å²) in [6.45, 7) is 4.39. The van der Waals surface area contributed by atoms with Gasteiger partial charge in [0, 0.05) is 37.7 Å². The van der Waals surface area contributed by atoms with Crippen molar-refractivity contribution in [1.29, 1.82) is 0 Å². The summed E-state index contributed by atoms with van der Waals surface area (Å²) in [5.74, 6) is 0.426. The number of benzene rings is 1. The molecule has 0 aliphatic carbocycles. The van der Waals surface area contributed by atoms with Crippen molar-refractivity contribution in [3.05, 3.63) is 48.3 Å². The third kappa shape index (κ3) is 4.82. The number of rotatable bonds is 5. The quantitative estimate of drug-likeness (QED) is 0.874. The van der Waals surface area contributed by atoms with Gasteiger partial charge < -0.3 is 15.5 Å². The van der Waals surface area contributed by atoms with E-state index in [-0.39, 0.29) is 18.5 Å². The second kappa shape index (κ2) is 7.83. The molecule has 1 atom stereocenters. The second-order valence-corrected chi connectivity index (χ2v) is 6.45. The van der Waals surface area contributed by atoms with Gasteiger partial charge in [0.05, 0.1) is 0 Å². The number of carbonyl (C=O) groups is 2. The molecule has 25 heavy (non-hydrogen) atoms. The topological polar surface area (TPSA) is 79.3 Å². The van der Waals surface area contributed by atoms with E-state index in [1.807, 2.05) is 29.2 Å². The predicted octanol–water partition coefficient (Wildman–Crippen LogP) is 2.07. The van der Waals surface area contributed by atoms with Gasteiger partial charge in [-0.05, 0) is 36.1 Å². The van der Waals surface area contributed by atoms with Gasteiger partial charge in [-0.15, -0.1) is 0 Å². The van der Waals surface area contributed by atoms with Gasteiger partial charge in [-0.1, -0.05) is 19.1 Å². The number of anilines is 1. The fourth-order valence-electron chi connectivity index (χ4n) is 2.91. The van der Waals surface area contributed by atoms with Gasteiger partial charge >= 0.3 is 6.03 Å². The molecule has 0 saturated carbocycles. The second-order valence-electron chi connectivity index (χ2n) is 6.45. The van der Waals surface area contributed by atoms with Crippen LogP contribution in [0, 0.1) is 5.92 Å². The third-order valence-electron chi connectivity index (χ3n) is 4.23. The Morgan fingerprint density at radius 1 is 1.32 bits per heavy atom. The lowest BCUT2D eigenvalue weighted by molar-refractivity contribution is -0.116. The third-order valence-corrected chi connectivity index (χ3v) is 4.23. The van der Waals surface area contributed by atoms with Crippen molar-refractivity contribution in [3.8, 4) is 0 Å². The first-order valence-corrected chi connectivity index (χ1v) is 8.49. The van der Waals surface area contributed by atoms with Crippen molar-refractivity contribution in [2.45, 2.75) is 26.4 Å². The van der Waals surface area contributed by atoms with Gasteiger partial charge in [0.15, 0.2) is 0 Å². The Morgan fingerprint density at radius 2 is 2.20 bits per heavy atom. The van der Waals surface area contributed by atoms with E-state index in [4.69, 9.17) is 0 Å². The molecule has 3 amide bonds. The molecule has 2 aromatic rings. The van der Waals surface area contributed by atoms with Gasteiger partial charge in [0.1, 0.15) is 6.54 Å². The Hall–Kier alpha value is -2.83. The lowest BCUT2D eigenvalue weighted by atomic mass is 10.2. The van der Waals surface area contributed by atoms with Gasteiger partial charge in [-0.3, -0.25) is 9.48 Å². The number of nitrogens with one attached hydrogen (secondary N) is 2. The van der Waals surface area contributed by atoms with Crippen molar-refractivity contribution in [2.75, 3.05) is 18.4 Å². The van der Waals surface area contributed by atoms with Crippen LogP contribution in [-0.4, -0.2) is 39.7 Å². The number of aromatic nitrogens is 2. The van der Waals surface area contributed by atoms with E-state index in [2.05, 4.69) is 22.7 Å². The number of hydrogen-bond acceptors (Lipinski definition) is 3. The molecule has 0 bridgehead atoms. The standard InChI is InChI=1S/C18H23N5O2/c1-14-6-9-22(12-14)18(25)19-11-15-4-2-5-16(10-15)21-17(24)13-23-8-3-7-20-23/h2-5,7-8,10,14H,6,9,11-13H2,1H3,(H,19,25)(H,21,24)/t14-/m0/s1. The minimum atomic E-state index is -0.143. The minimum Gasteiger partial charge on any atom is -0.334 e. The van der Waals surface area contributed by atoms with Crippen LogP contribution >= 0.6 is 0 Å². The van der Waals surface area contributed by atoms with Crippen LogP contribution in [0.1, 0.15) is 18.9 Å². The molecule has 0 radical (unpaired) electrons. The zero-order valence-corrected chi connectivity index (χ0v) is 14.3. The number of urea groups is 1. The predicted molar refractivity (Wildman–Crippen MR) is 94.9 cm³/mol. The van der Waals surface area contributed by atoms with Crippen molar-refractivity contribution >= 4 is 17.6 Å². The Morgan fingerprint density at radius 3 is 2.92 bits per heavy atom. The van der Waals surface area contributed by atoms with Crippen LogP contribution in [0.5, 0.6) is 0 Å². The van der Waals surface area contributed by atoms with Crippen LogP contribution in [0.15, 0.2) is 42.7 Å².